The van der Waals surface area contributed by atoms with E-state index < -0.39 is 10.0 Å². The lowest BCUT2D eigenvalue weighted by molar-refractivity contribution is 0.242. The first-order valence-corrected chi connectivity index (χ1v) is 9.28. The van der Waals surface area contributed by atoms with Gasteiger partial charge in [-0.15, -0.1) is 24.0 Å². The molecule has 0 unspecified atom stereocenters. The maximum Gasteiger partial charge on any atom is 0.211 e. The van der Waals surface area contributed by atoms with E-state index in [9.17, 15) is 8.42 Å². The van der Waals surface area contributed by atoms with Gasteiger partial charge < -0.3 is 15.8 Å². The predicted octanol–water partition coefficient (Wildman–Crippen LogP) is 2.15. The van der Waals surface area contributed by atoms with Crippen molar-refractivity contribution in [1.29, 1.82) is 0 Å². The Hall–Kier alpha value is -1.07. The molecule has 9 heteroatoms. The summed E-state index contributed by atoms with van der Waals surface area (Å²) in [7, 11) is -3.14. The Kier molecular flexibility index (Phi) is 11.0. The SMILES string of the molecule is CCS(=O)(=O)NCCCN=C(N)Nc1ccc(OC(C)C)cc1.I. The van der Waals surface area contributed by atoms with Gasteiger partial charge in [0.05, 0.1) is 11.9 Å². The number of nitrogens with zero attached hydrogens (tertiary/aromatic N) is 1. The molecule has 0 spiro atoms. The van der Waals surface area contributed by atoms with Crippen LogP contribution in [0.1, 0.15) is 27.2 Å². The lowest BCUT2D eigenvalue weighted by atomic mass is 10.3. The fraction of sp³-hybridized carbons (Fsp3) is 0.533. The highest BCUT2D eigenvalue weighted by Gasteiger charge is 2.04. The van der Waals surface area contributed by atoms with Crippen molar-refractivity contribution in [2.75, 3.05) is 24.2 Å². The third-order valence-electron chi connectivity index (χ3n) is 2.82. The monoisotopic (exact) mass is 470 g/mol. The summed E-state index contributed by atoms with van der Waals surface area (Å²) in [6, 6.07) is 7.43. The van der Waals surface area contributed by atoms with E-state index in [1.54, 1.807) is 6.92 Å². The van der Waals surface area contributed by atoms with Crippen molar-refractivity contribution in [3.63, 3.8) is 0 Å². The minimum Gasteiger partial charge on any atom is -0.491 e. The molecule has 4 N–H and O–H groups in total. The van der Waals surface area contributed by atoms with Gasteiger partial charge in [-0.05, 0) is 51.5 Å². The van der Waals surface area contributed by atoms with Crippen LogP contribution in [0, 0.1) is 0 Å². The number of rotatable bonds is 9. The molecule has 0 radical (unpaired) electrons. The number of ether oxygens (including phenoxy) is 1. The lowest BCUT2D eigenvalue weighted by Crippen LogP contribution is -2.27. The van der Waals surface area contributed by atoms with Crippen LogP contribution in [0.15, 0.2) is 29.3 Å². The summed E-state index contributed by atoms with van der Waals surface area (Å²) in [5.74, 6) is 1.17. The van der Waals surface area contributed by atoms with Gasteiger partial charge >= 0.3 is 0 Å². The van der Waals surface area contributed by atoms with Crippen LogP contribution in [-0.2, 0) is 10.0 Å². The molecule has 0 aliphatic heterocycles. The Balaban J connectivity index is 0.00000529. The first-order valence-electron chi connectivity index (χ1n) is 7.63. The van der Waals surface area contributed by atoms with E-state index in [0.717, 1.165) is 11.4 Å². The molecule has 0 saturated heterocycles. The van der Waals surface area contributed by atoms with Crippen molar-refractivity contribution in [3.8, 4) is 5.75 Å². The number of benzene rings is 1. The van der Waals surface area contributed by atoms with E-state index in [4.69, 9.17) is 10.5 Å². The van der Waals surface area contributed by atoms with E-state index in [1.165, 1.54) is 0 Å². The van der Waals surface area contributed by atoms with E-state index in [-0.39, 0.29) is 35.8 Å². The summed E-state index contributed by atoms with van der Waals surface area (Å²) in [6.45, 7) is 6.34. The normalized spacial score (nSPS) is 11.9. The quantitative estimate of drug-likeness (QED) is 0.222. The van der Waals surface area contributed by atoms with Crippen LogP contribution in [0.3, 0.4) is 0 Å². The summed E-state index contributed by atoms with van der Waals surface area (Å²) in [5, 5.41) is 2.97. The van der Waals surface area contributed by atoms with Gasteiger partial charge in [-0.2, -0.15) is 0 Å². The van der Waals surface area contributed by atoms with E-state index in [0.29, 0.717) is 25.5 Å². The molecule has 0 aliphatic carbocycles. The molecule has 1 aromatic carbocycles. The second-order valence-electron chi connectivity index (χ2n) is 5.23. The second-order valence-corrected chi connectivity index (χ2v) is 7.33. The Morgan fingerprint density at radius 2 is 1.92 bits per heavy atom. The van der Waals surface area contributed by atoms with E-state index in [2.05, 4.69) is 15.0 Å². The molecule has 0 heterocycles. The zero-order valence-corrected chi connectivity index (χ0v) is 17.4. The molecular weight excluding hydrogens is 443 g/mol. The first-order chi connectivity index (χ1) is 10.8. The molecule has 1 rings (SSSR count). The van der Waals surface area contributed by atoms with Crippen LogP contribution >= 0.6 is 24.0 Å². The van der Waals surface area contributed by atoms with Crippen LogP contribution in [0.2, 0.25) is 0 Å². The topological polar surface area (TPSA) is 106 Å². The zero-order chi connectivity index (χ0) is 17.3. The van der Waals surface area contributed by atoms with Crippen molar-refractivity contribution < 1.29 is 13.2 Å². The minimum atomic E-state index is -3.14. The van der Waals surface area contributed by atoms with Crippen molar-refractivity contribution in [1.82, 2.24) is 4.72 Å². The highest BCUT2D eigenvalue weighted by atomic mass is 127. The van der Waals surface area contributed by atoms with Gasteiger partial charge in [0.2, 0.25) is 10.0 Å². The number of aliphatic imine (C=N–C) groups is 1. The molecule has 0 saturated carbocycles. The molecule has 0 amide bonds. The average Bonchev–Trinajstić information content (AvgIpc) is 2.48. The number of halogens is 1. The standard InChI is InChI=1S/C15H26N4O3S.HI/c1-4-23(20,21)18-11-5-10-17-15(16)19-13-6-8-14(9-7-13)22-12(2)3;/h6-9,12,18H,4-5,10-11H2,1-3H3,(H3,16,17,19);1H. The smallest absolute Gasteiger partial charge is 0.211 e. The van der Waals surface area contributed by atoms with Gasteiger partial charge in [0.25, 0.3) is 0 Å². The van der Waals surface area contributed by atoms with Crippen LogP contribution in [0.5, 0.6) is 5.75 Å². The van der Waals surface area contributed by atoms with Gasteiger partial charge in [0, 0.05) is 18.8 Å². The molecule has 0 atom stereocenters. The fourth-order valence-electron chi connectivity index (χ4n) is 1.68. The summed E-state index contributed by atoms with van der Waals surface area (Å²) in [4.78, 5) is 4.15. The molecule has 1 aromatic rings. The number of anilines is 1. The average molecular weight is 470 g/mol. The maximum absolute atomic E-state index is 11.2. The van der Waals surface area contributed by atoms with Gasteiger partial charge in [0.15, 0.2) is 5.96 Å². The zero-order valence-electron chi connectivity index (χ0n) is 14.3. The number of sulfonamides is 1. The van der Waals surface area contributed by atoms with Crippen LogP contribution in [0.4, 0.5) is 5.69 Å². The Morgan fingerprint density at radius 3 is 2.46 bits per heavy atom. The Bertz CT molecular complexity index is 604. The number of nitrogens with one attached hydrogen (secondary N) is 2. The maximum atomic E-state index is 11.2. The van der Waals surface area contributed by atoms with Crippen molar-refractivity contribution in [2.45, 2.75) is 33.3 Å². The summed E-state index contributed by atoms with van der Waals surface area (Å²) < 4.78 is 30.5. The highest BCUT2D eigenvalue weighted by molar-refractivity contribution is 14.0. The number of hydrogen-bond donors (Lipinski definition) is 3. The minimum absolute atomic E-state index is 0. The first kappa shape index (κ1) is 22.9. The molecule has 138 valence electrons. The van der Waals surface area contributed by atoms with Crippen LogP contribution in [-0.4, -0.2) is 39.3 Å². The van der Waals surface area contributed by atoms with Crippen molar-refractivity contribution in [2.24, 2.45) is 10.7 Å². The summed E-state index contributed by atoms with van der Waals surface area (Å²) in [6.07, 6.45) is 0.716. The molecule has 0 fully saturated rings. The van der Waals surface area contributed by atoms with Crippen LogP contribution in [0.25, 0.3) is 0 Å². The van der Waals surface area contributed by atoms with Crippen molar-refractivity contribution >= 4 is 45.6 Å². The van der Waals surface area contributed by atoms with Crippen molar-refractivity contribution in [3.05, 3.63) is 24.3 Å². The highest BCUT2D eigenvalue weighted by Crippen LogP contribution is 2.16. The summed E-state index contributed by atoms with van der Waals surface area (Å²) >= 11 is 0. The third kappa shape index (κ3) is 9.93. The van der Waals surface area contributed by atoms with E-state index >= 15 is 0 Å². The van der Waals surface area contributed by atoms with Gasteiger partial charge in [0.1, 0.15) is 5.75 Å². The van der Waals surface area contributed by atoms with Crippen LogP contribution < -0.4 is 20.5 Å². The van der Waals surface area contributed by atoms with E-state index in [1.807, 2.05) is 38.1 Å². The lowest BCUT2D eigenvalue weighted by Gasteiger charge is -2.11. The molecule has 0 aliphatic rings. The molecule has 0 bridgehead atoms. The van der Waals surface area contributed by atoms with Gasteiger partial charge in [-0.25, -0.2) is 13.1 Å². The fourth-order valence-corrected chi connectivity index (χ4v) is 2.34. The Labute approximate surface area is 161 Å². The number of guanidine groups is 1. The van der Waals surface area contributed by atoms with Gasteiger partial charge in [-0.3, -0.25) is 4.99 Å². The number of nitrogens with two attached hydrogens (primary N) is 1. The molecule has 7 nitrogen and oxygen atoms in total. The number of hydrogen-bond acceptors (Lipinski definition) is 4. The molecule has 24 heavy (non-hydrogen) atoms. The van der Waals surface area contributed by atoms with Gasteiger partial charge in [-0.1, -0.05) is 0 Å². The Morgan fingerprint density at radius 1 is 1.29 bits per heavy atom. The largest absolute Gasteiger partial charge is 0.491 e. The molecule has 0 aromatic heterocycles. The molecular formula is C15H27IN4O3S. The third-order valence-corrected chi connectivity index (χ3v) is 4.22. The summed E-state index contributed by atoms with van der Waals surface area (Å²) in [5.41, 5.74) is 6.60. The second kappa shape index (κ2) is 11.5. The predicted molar refractivity (Wildman–Crippen MR) is 110 cm³/mol.